The van der Waals surface area contributed by atoms with Crippen LogP contribution in [0.1, 0.15) is 28.5 Å². The van der Waals surface area contributed by atoms with E-state index in [4.69, 9.17) is 0 Å². The Morgan fingerprint density at radius 3 is 2.35 bits per heavy atom. The SMILES string of the molecule is CCn1cc(Br)cc1C(=O)N(C)c1cc(C)cc(C)c1. The number of amides is 1. The molecular weight excluding hydrogens is 316 g/mol. The Bertz CT molecular complexity index is 626. The maximum Gasteiger partial charge on any atom is 0.274 e. The molecule has 0 aliphatic rings. The van der Waals surface area contributed by atoms with Crippen molar-refractivity contribution in [2.75, 3.05) is 11.9 Å². The van der Waals surface area contributed by atoms with Gasteiger partial charge in [0.15, 0.2) is 0 Å². The van der Waals surface area contributed by atoms with E-state index in [0.717, 1.165) is 27.8 Å². The molecule has 106 valence electrons. The van der Waals surface area contributed by atoms with Crippen LogP contribution in [-0.4, -0.2) is 17.5 Å². The predicted octanol–water partition coefficient (Wildman–Crippen LogP) is 4.16. The van der Waals surface area contributed by atoms with Crippen LogP contribution in [0.3, 0.4) is 0 Å². The lowest BCUT2D eigenvalue weighted by Gasteiger charge is -2.19. The third-order valence-corrected chi connectivity index (χ3v) is 3.76. The minimum Gasteiger partial charge on any atom is -0.343 e. The van der Waals surface area contributed by atoms with E-state index in [1.807, 2.05) is 56.8 Å². The molecule has 1 aromatic carbocycles. The monoisotopic (exact) mass is 334 g/mol. The van der Waals surface area contributed by atoms with Gasteiger partial charge in [-0.05, 0) is 66.0 Å². The molecular formula is C16H19BrN2O. The number of halogens is 1. The number of rotatable bonds is 3. The van der Waals surface area contributed by atoms with Crippen molar-refractivity contribution < 1.29 is 4.79 Å². The van der Waals surface area contributed by atoms with Crippen LogP contribution >= 0.6 is 15.9 Å². The number of aryl methyl sites for hydroxylation is 3. The van der Waals surface area contributed by atoms with Crippen molar-refractivity contribution in [2.24, 2.45) is 0 Å². The van der Waals surface area contributed by atoms with Gasteiger partial charge in [0.05, 0.1) is 0 Å². The van der Waals surface area contributed by atoms with Gasteiger partial charge in [0.25, 0.3) is 5.91 Å². The lowest BCUT2D eigenvalue weighted by Crippen LogP contribution is -2.28. The van der Waals surface area contributed by atoms with Gasteiger partial charge in [-0.15, -0.1) is 0 Å². The molecule has 0 atom stereocenters. The minimum atomic E-state index is 0.00236. The van der Waals surface area contributed by atoms with E-state index < -0.39 is 0 Å². The van der Waals surface area contributed by atoms with Crippen LogP contribution in [0, 0.1) is 13.8 Å². The van der Waals surface area contributed by atoms with E-state index in [1.165, 1.54) is 0 Å². The molecule has 0 saturated heterocycles. The molecule has 1 heterocycles. The van der Waals surface area contributed by atoms with Crippen LogP contribution < -0.4 is 4.90 Å². The van der Waals surface area contributed by atoms with Crippen molar-refractivity contribution >= 4 is 27.5 Å². The number of benzene rings is 1. The topological polar surface area (TPSA) is 25.2 Å². The van der Waals surface area contributed by atoms with Crippen LogP contribution in [0.15, 0.2) is 34.9 Å². The first kappa shape index (κ1) is 14.9. The Hall–Kier alpha value is -1.55. The molecule has 4 heteroatoms. The molecule has 0 spiro atoms. The van der Waals surface area contributed by atoms with E-state index in [-0.39, 0.29) is 5.91 Å². The maximum atomic E-state index is 12.6. The van der Waals surface area contributed by atoms with Gasteiger partial charge >= 0.3 is 0 Å². The molecule has 1 amide bonds. The summed E-state index contributed by atoms with van der Waals surface area (Å²) in [6.07, 6.45) is 1.93. The predicted molar refractivity (Wildman–Crippen MR) is 86.5 cm³/mol. The van der Waals surface area contributed by atoms with E-state index in [0.29, 0.717) is 5.69 Å². The van der Waals surface area contributed by atoms with E-state index in [2.05, 4.69) is 22.0 Å². The summed E-state index contributed by atoms with van der Waals surface area (Å²) in [5.41, 5.74) is 3.94. The molecule has 20 heavy (non-hydrogen) atoms. The third kappa shape index (κ3) is 2.96. The molecule has 0 aliphatic heterocycles. The number of anilines is 1. The summed E-state index contributed by atoms with van der Waals surface area (Å²) < 4.78 is 2.88. The first-order valence-corrected chi connectivity index (χ1v) is 7.43. The Morgan fingerprint density at radius 2 is 1.80 bits per heavy atom. The molecule has 0 N–H and O–H groups in total. The number of hydrogen-bond acceptors (Lipinski definition) is 1. The number of carbonyl (C=O) groups is 1. The molecule has 0 fully saturated rings. The second-order valence-electron chi connectivity index (χ2n) is 5.04. The van der Waals surface area contributed by atoms with Crippen LogP contribution in [0.2, 0.25) is 0 Å². The Labute approximate surface area is 128 Å². The van der Waals surface area contributed by atoms with E-state index >= 15 is 0 Å². The zero-order valence-electron chi connectivity index (χ0n) is 12.3. The molecule has 0 bridgehead atoms. The largest absolute Gasteiger partial charge is 0.343 e. The molecule has 0 radical (unpaired) electrons. The number of aromatic nitrogens is 1. The highest BCUT2D eigenvalue weighted by atomic mass is 79.9. The third-order valence-electron chi connectivity index (χ3n) is 3.32. The molecule has 0 saturated carbocycles. The van der Waals surface area contributed by atoms with Gasteiger partial charge in [-0.2, -0.15) is 0 Å². The van der Waals surface area contributed by atoms with Crippen LogP contribution in [0.5, 0.6) is 0 Å². The fraction of sp³-hybridized carbons (Fsp3) is 0.312. The minimum absolute atomic E-state index is 0.00236. The standard InChI is InChI=1S/C16H19BrN2O/c1-5-19-10-13(17)9-15(19)16(20)18(4)14-7-11(2)6-12(3)8-14/h6-10H,5H2,1-4H3. The molecule has 3 nitrogen and oxygen atoms in total. The van der Waals surface area contributed by atoms with Crippen molar-refractivity contribution in [3.63, 3.8) is 0 Å². The van der Waals surface area contributed by atoms with Crippen molar-refractivity contribution in [2.45, 2.75) is 27.3 Å². The van der Waals surface area contributed by atoms with Crippen molar-refractivity contribution in [3.8, 4) is 0 Å². The number of carbonyl (C=O) groups excluding carboxylic acids is 1. The summed E-state index contributed by atoms with van der Waals surface area (Å²) >= 11 is 3.43. The smallest absolute Gasteiger partial charge is 0.274 e. The first-order chi connectivity index (χ1) is 9.42. The zero-order chi connectivity index (χ0) is 14.9. The molecule has 2 aromatic rings. The average molecular weight is 335 g/mol. The summed E-state index contributed by atoms with van der Waals surface area (Å²) in [6, 6.07) is 8.02. The molecule has 1 aromatic heterocycles. The molecule has 0 unspecified atom stereocenters. The van der Waals surface area contributed by atoms with Gasteiger partial charge < -0.3 is 9.47 Å². The fourth-order valence-corrected chi connectivity index (χ4v) is 2.81. The summed E-state index contributed by atoms with van der Waals surface area (Å²) in [7, 11) is 1.82. The highest BCUT2D eigenvalue weighted by molar-refractivity contribution is 9.10. The van der Waals surface area contributed by atoms with E-state index in [9.17, 15) is 4.79 Å². The normalized spacial score (nSPS) is 10.7. The maximum absolute atomic E-state index is 12.6. The zero-order valence-corrected chi connectivity index (χ0v) is 13.9. The highest BCUT2D eigenvalue weighted by Crippen LogP contribution is 2.22. The number of nitrogens with zero attached hydrogens (tertiary/aromatic N) is 2. The van der Waals surface area contributed by atoms with Gasteiger partial charge in [0.1, 0.15) is 5.69 Å². The first-order valence-electron chi connectivity index (χ1n) is 6.64. The lowest BCUT2D eigenvalue weighted by molar-refractivity contribution is 0.0984. The van der Waals surface area contributed by atoms with Crippen molar-refractivity contribution in [1.82, 2.24) is 4.57 Å². The fourth-order valence-electron chi connectivity index (χ4n) is 2.35. The Morgan fingerprint density at radius 1 is 1.20 bits per heavy atom. The van der Waals surface area contributed by atoms with Crippen LogP contribution in [0.4, 0.5) is 5.69 Å². The van der Waals surface area contributed by atoms with Gasteiger partial charge in [-0.3, -0.25) is 4.79 Å². The van der Waals surface area contributed by atoms with Gasteiger partial charge in [0, 0.05) is 29.9 Å². The summed E-state index contributed by atoms with van der Waals surface area (Å²) in [6.45, 7) is 6.88. The Balaban J connectivity index is 2.36. The summed E-state index contributed by atoms with van der Waals surface area (Å²) in [5.74, 6) is 0.00236. The quantitative estimate of drug-likeness (QED) is 0.827. The summed E-state index contributed by atoms with van der Waals surface area (Å²) in [5, 5.41) is 0. The van der Waals surface area contributed by atoms with Crippen LogP contribution in [-0.2, 0) is 6.54 Å². The second-order valence-corrected chi connectivity index (χ2v) is 5.96. The van der Waals surface area contributed by atoms with Crippen molar-refractivity contribution in [1.29, 1.82) is 0 Å². The van der Waals surface area contributed by atoms with Gasteiger partial charge in [-0.25, -0.2) is 0 Å². The second kappa shape index (κ2) is 5.83. The van der Waals surface area contributed by atoms with Crippen molar-refractivity contribution in [3.05, 3.63) is 51.8 Å². The summed E-state index contributed by atoms with van der Waals surface area (Å²) in [4.78, 5) is 14.3. The lowest BCUT2D eigenvalue weighted by atomic mass is 10.1. The average Bonchev–Trinajstić information content (AvgIpc) is 2.77. The van der Waals surface area contributed by atoms with Gasteiger partial charge in [-0.1, -0.05) is 6.07 Å². The highest BCUT2D eigenvalue weighted by Gasteiger charge is 2.18. The van der Waals surface area contributed by atoms with E-state index in [1.54, 1.807) is 4.90 Å². The van der Waals surface area contributed by atoms with Crippen LogP contribution in [0.25, 0.3) is 0 Å². The molecule has 2 rings (SSSR count). The van der Waals surface area contributed by atoms with Gasteiger partial charge in [0.2, 0.25) is 0 Å². The Kier molecular flexibility index (Phi) is 4.33. The number of hydrogen-bond donors (Lipinski definition) is 0. The molecule has 0 aliphatic carbocycles.